The summed E-state index contributed by atoms with van der Waals surface area (Å²) in [4.78, 5) is 4.46. The van der Waals surface area contributed by atoms with Gasteiger partial charge in [-0.3, -0.25) is 4.68 Å². The zero-order valence-corrected chi connectivity index (χ0v) is 11.9. The molecule has 0 saturated carbocycles. The second kappa shape index (κ2) is 5.01. The van der Waals surface area contributed by atoms with Crippen LogP contribution in [0.3, 0.4) is 0 Å². The van der Waals surface area contributed by atoms with Gasteiger partial charge >= 0.3 is 0 Å². The molecule has 0 fully saturated rings. The first-order chi connectivity index (χ1) is 9.24. The Kier molecular flexibility index (Phi) is 3.21. The third kappa shape index (κ3) is 2.61. The van der Waals surface area contributed by atoms with Gasteiger partial charge in [0, 0.05) is 30.5 Å². The molecule has 0 atom stereocenters. The highest BCUT2D eigenvalue weighted by atomic mass is 32.1. The van der Waals surface area contributed by atoms with Crippen molar-refractivity contribution in [1.82, 2.24) is 14.8 Å². The molecule has 0 radical (unpaired) electrons. The fraction of sp³-hybridized carbons (Fsp3) is 0.286. The van der Waals surface area contributed by atoms with Crippen LogP contribution in [-0.4, -0.2) is 14.8 Å². The second-order valence-electron chi connectivity index (χ2n) is 4.47. The number of fused-ring (bicyclic) bond motifs is 1. The summed E-state index contributed by atoms with van der Waals surface area (Å²) in [6, 6.07) is 6.30. The van der Waals surface area contributed by atoms with Gasteiger partial charge in [0.05, 0.1) is 21.4 Å². The van der Waals surface area contributed by atoms with Crippen LogP contribution in [0.4, 0.5) is 5.69 Å². The zero-order valence-electron chi connectivity index (χ0n) is 11.1. The Labute approximate surface area is 116 Å². The second-order valence-corrected chi connectivity index (χ2v) is 5.71. The fourth-order valence-corrected chi connectivity index (χ4v) is 2.89. The molecule has 0 aliphatic carbocycles. The molecule has 3 aromatic rings. The number of rotatable bonds is 4. The van der Waals surface area contributed by atoms with Crippen molar-refractivity contribution in [3.63, 3.8) is 0 Å². The van der Waals surface area contributed by atoms with E-state index in [2.05, 4.69) is 46.7 Å². The van der Waals surface area contributed by atoms with Gasteiger partial charge < -0.3 is 5.32 Å². The van der Waals surface area contributed by atoms with E-state index in [1.807, 2.05) is 17.8 Å². The van der Waals surface area contributed by atoms with Crippen LogP contribution in [0.15, 0.2) is 30.6 Å². The molecule has 0 saturated heterocycles. The van der Waals surface area contributed by atoms with Gasteiger partial charge in [-0.05, 0) is 32.0 Å². The quantitative estimate of drug-likeness (QED) is 0.791. The van der Waals surface area contributed by atoms with Crippen LogP contribution >= 0.6 is 11.3 Å². The van der Waals surface area contributed by atoms with Gasteiger partial charge in [0.2, 0.25) is 0 Å². The van der Waals surface area contributed by atoms with Crippen LogP contribution < -0.4 is 5.32 Å². The van der Waals surface area contributed by atoms with Crippen molar-refractivity contribution >= 4 is 27.2 Å². The van der Waals surface area contributed by atoms with E-state index in [-0.39, 0.29) is 0 Å². The lowest BCUT2D eigenvalue weighted by atomic mass is 10.3. The van der Waals surface area contributed by atoms with E-state index < -0.39 is 0 Å². The number of aromatic nitrogens is 3. The predicted octanol–water partition coefficient (Wildman–Crippen LogP) is 3.43. The molecule has 0 bridgehead atoms. The number of hydrogen-bond donors (Lipinski definition) is 1. The van der Waals surface area contributed by atoms with Crippen LogP contribution in [0.2, 0.25) is 0 Å². The molecule has 5 heteroatoms. The number of benzene rings is 1. The number of aryl methyl sites for hydroxylation is 2. The maximum Gasteiger partial charge on any atom is 0.0907 e. The summed E-state index contributed by atoms with van der Waals surface area (Å²) < 4.78 is 3.17. The minimum atomic E-state index is 0.795. The summed E-state index contributed by atoms with van der Waals surface area (Å²) in [5.41, 5.74) is 3.40. The third-order valence-electron chi connectivity index (χ3n) is 3.00. The highest BCUT2D eigenvalue weighted by molar-refractivity contribution is 7.18. The third-order valence-corrected chi connectivity index (χ3v) is 3.94. The van der Waals surface area contributed by atoms with E-state index in [1.165, 1.54) is 10.3 Å². The van der Waals surface area contributed by atoms with Crippen LogP contribution in [0.1, 0.15) is 17.5 Å². The van der Waals surface area contributed by atoms with Gasteiger partial charge in [-0.25, -0.2) is 4.98 Å². The summed E-state index contributed by atoms with van der Waals surface area (Å²) in [7, 11) is 0. The van der Waals surface area contributed by atoms with Crippen molar-refractivity contribution < 1.29 is 0 Å². The number of hydrogen-bond acceptors (Lipinski definition) is 4. The minimum absolute atomic E-state index is 0.795. The predicted molar refractivity (Wildman–Crippen MR) is 79.6 cm³/mol. The molecule has 0 unspecified atom stereocenters. The van der Waals surface area contributed by atoms with Crippen LogP contribution in [0.25, 0.3) is 10.2 Å². The Morgan fingerprint density at radius 1 is 1.37 bits per heavy atom. The minimum Gasteiger partial charge on any atom is -0.381 e. The summed E-state index contributed by atoms with van der Waals surface area (Å²) in [5.74, 6) is 0. The van der Waals surface area contributed by atoms with Gasteiger partial charge in [-0.1, -0.05) is 0 Å². The smallest absolute Gasteiger partial charge is 0.0907 e. The molecular formula is C14H16N4S. The Balaban J connectivity index is 1.73. The number of anilines is 1. The van der Waals surface area contributed by atoms with Gasteiger partial charge in [0.25, 0.3) is 0 Å². The molecule has 0 spiro atoms. The number of thiazole rings is 1. The van der Waals surface area contributed by atoms with Crippen molar-refractivity contribution in [2.45, 2.75) is 26.9 Å². The molecular weight excluding hydrogens is 256 g/mol. The normalized spacial score (nSPS) is 11.1. The molecule has 0 aliphatic rings. The Morgan fingerprint density at radius 3 is 3.05 bits per heavy atom. The molecule has 98 valence electrons. The summed E-state index contributed by atoms with van der Waals surface area (Å²) in [6.07, 6.45) is 3.98. The van der Waals surface area contributed by atoms with E-state index in [4.69, 9.17) is 0 Å². The van der Waals surface area contributed by atoms with E-state index >= 15 is 0 Å². The molecule has 0 amide bonds. The van der Waals surface area contributed by atoms with E-state index in [0.717, 1.165) is 29.3 Å². The van der Waals surface area contributed by atoms with Crippen molar-refractivity contribution in [2.24, 2.45) is 0 Å². The Bertz CT molecular complexity index is 698. The summed E-state index contributed by atoms with van der Waals surface area (Å²) in [5, 5.41) is 8.80. The Hall–Kier alpha value is -1.88. The van der Waals surface area contributed by atoms with Gasteiger partial charge in [0.15, 0.2) is 0 Å². The first-order valence-corrected chi connectivity index (χ1v) is 7.18. The number of nitrogens with zero attached hydrogens (tertiary/aromatic N) is 3. The summed E-state index contributed by atoms with van der Waals surface area (Å²) >= 11 is 1.73. The zero-order chi connectivity index (χ0) is 13.2. The molecule has 1 N–H and O–H groups in total. The van der Waals surface area contributed by atoms with Crippen LogP contribution in [0, 0.1) is 6.92 Å². The highest BCUT2D eigenvalue weighted by Gasteiger charge is 2.02. The van der Waals surface area contributed by atoms with Gasteiger partial charge in [-0.15, -0.1) is 11.3 Å². The van der Waals surface area contributed by atoms with Crippen LogP contribution in [-0.2, 0) is 13.1 Å². The van der Waals surface area contributed by atoms with Crippen molar-refractivity contribution in [3.8, 4) is 0 Å². The van der Waals surface area contributed by atoms with Crippen molar-refractivity contribution in [2.75, 3.05) is 5.32 Å². The fourth-order valence-electron chi connectivity index (χ4n) is 2.02. The molecule has 19 heavy (non-hydrogen) atoms. The molecule has 2 aromatic heterocycles. The maximum absolute atomic E-state index is 4.46. The molecule has 2 heterocycles. The summed E-state index contributed by atoms with van der Waals surface area (Å²) in [6.45, 7) is 5.83. The van der Waals surface area contributed by atoms with Gasteiger partial charge in [-0.2, -0.15) is 5.10 Å². The SMILES string of the molecule is CCn1cc(CNc2ccc3nc(C)sc3c2)cn1. The van der Waals surface area contributed by atoms with Crippen molar-refractivity contribution in [1.29, 1.82) is 0 Å². The largest absolute Gasteiger partial charge is 0.381 e. The number of nitrogens with one attached hydrogen (secondary N) is 1. The lowest BCUT2D eigenvalue weighted by Crippen LogP contribution is -1.98. The highest BCUT2D eigenvalue weighted by Crippen LogP contribution is 2.24. The average Bonchev–Trinajstić information content (AvgIpc) is 3.00. The molecule has 0 aliphatic heterocycles. The standard InChI is InChI=1S/C14H16N4S/c1-3-18-9-11(8-16-18)7-15-12-4-5-13-14(6-12)19-10(2)17-13/h4-6,8-9,15H,3,7H2,1-2H3. The van der Waals surface area contributed by atoms with Crippen molar-refractivity contribution in [3.05, 3.63) is 41.2 Å². The lowest BCUT2D eigenvalue weighted by Gasteiger charge is -2.04. The van der Waals surface area contributed by atoms with E-state index in [9.17, 15) is 0 Å². The monoisotopic (exact) mass is 272 g/mol. The topological polar surface area (TPSA) is 42.7 Å². The first kappa shape index (κ1) is 12.2. The van der Waals surface area contributed by atoms with Gasteiger partial charge in [0.1, 0.15) is 0 Å². The molecule has 3 rings (SSSR count). The Morgan fingerprint density at radius 2 is 2.26 bits per heavy atom. The van der Waals surface area contributed by atoms with E-state index in [0.29, 0.717) is 0 Å². The maximum atomic E-state index is 4.46. The first-order valence-electron chi connectivity index (χ1n) is 6.37. The van der Waals surface area contributed by atoms with E-state index in [1.54, 1.807) is 11.3 Å². The molecule has 1 aromatic carbocycles. The average molecular weight is 272 g/mol. The van der Waals surface area contributed by atoms with Crippen LogP contribution in [0.5, 0.6) is 0 Å². The lowest BCUT2D eigenvalue weighted by molar-refractivity contribution is 0.659. The molecule has 4 nitrogen and oxygen atoms in total.